The van der Waals surface area contributed by atoms with Crippen LogP contribution in [0.1, 0.15) is 18.5 Å². The Morgan fingerprint density at radius 1 is 1.20 bits per heavy atom. The van der Waals surface area contributed by atoms with Gasteiger partial charge in [0.1, 0.15) is 22.2 Å². The van der Waals surface area contributed by atoms with E-state index in [1.165, 1.54) is 4.31 Å². The second-order valence-corrected chi connectivity index (χ2v) is 7.89. The first-order valence-corrected chi connectivity index (χ1v) is 9.29. The maximum absolute atomic E-state index is 14.1. The molecule has 0 aliphatic heterocycles. The molecular formula is C17H15F2N3O2S. The van der Waals surface area contributed by atoms with Crippen molar-refractivity contribution in [2.75, 3.05) is 0 Å². The van der Waals surface area contributed by atoms with Gasteiger partial charge in [-0.05, 0) is 37.1 Å². The summed E-state index contributed by atoms with van der Waals surface area (Å²) in [6.07, 6.45) is 4.85. The van der Waals surface area contributed by atoms with Gasteiger partial charge in [0, 0.05) is 18.3 Å². The molecule has 0 saturated heterocycles. The first kappa shape index (κ1) is 16.2. The number of fused-ring (bicyclic) bond motifs is 1. The largest absolute Gasteiger partial charge is 0.303 e. The van der Waals surface area contributed by atoms with Crippen molar-refractivity contribution in [3.63, 3.8) is 0 Å². The van der Waals surface area contributed by atoms with Gasteiger partial charge in [0.25, 0.3) is 0 Å². The first-order valence-electron chi connectivity index (χ1n) is 7.85. The Kier molecular flexibility index (Phi) is 3.81. The number of aromatic nitrogens is 2. The molecule has 0 radical (unpaired) electrons. The van der Waals surface area contributed by atoms with E-state index in [-0.39, 0.29) is 12.6 Å². The Morgan fingerprint density at radius 3 is 2.72 bits per heavy atom. The molecule has 1 aromatic carbocycles. The van der Waals surface area contributed by atoms with Gasteiger partial charge in [-0.2, -0.15) is 4.31 Å². The smallest absolute Gasteiger partial charge is 0.246 e. The third-order valence-corrected chi connectivity index (χ3v) is 6.18. The van der Waals surface area contributed by atoms with Crippen LogP contribution in [0.2, 0.25) is 0 Å². The lowest BCUT2D eigenvalue weighted by atomic mass is 10.3. The third kappa shape index (κ3) is 2.91. The number of rotatable bonds is 5. The van der Waals surface area contributed by atoms with E-state index in [0.717, 1.165) is 25.0 Å². The monoisotopic (exact) mass is 363 g/mol. The molecule has 0 amide bonds. The van der Waals surface area contributed by atoms with Gasteiger partial charge < -0.3 is 4.40 Å². The summed E-state index contributed by atoms with van der Waals surface area (Å²) in [4.78, 5) is 3.75. The zero-order valence-electron chi connectivity index (χ0n) is 13.1. The van der Waals surface area contributed by atoms with Crippen molar-refractivity contribution in [3.05, 3.63) is 66.1 Å². The summed E-state index contributed by atoms with van der Waals surface area (Å²) in [6.45, 7) is 0.0784. The highest BCUT2D eigenvalue weighted by Gasteiger charge is 2.39. The quantitative estimate of drug-likeness (QED) is 0.700. The molecule has 0 N–H and O–H groups in total. The van der Waals surface area contributed by atoms with E-state index in [4.69, 9.17) is 0 Å². The molecule has 8 heteroatoms. The fourth-order valence-electron chi connectivity index (χ4n) is 2.85. The predicted octanol–water partition coefficient (Wildman–Crippen LogP) is 2.97. The van der Waals surface area contributed by atoms with E-state index in [1.54, 1.807) is 16.8 Å². The van der Waals surface area contributed by atoms with Crippen molar-refractivity contribution in [2.45, 2.75) is 30.3 Å². The zero-order chi connectivity index (χ0) is 17.6. The van der Waals surface area contributed by atoms with Crippen LogP contribution in [0.4, 0.5) is 8.78 Å². The molecular weight excluding hydrogens is 348 g/mol. The van der Waals surface area contributed by atoms with Gasteiger partial charge in [-0.1, -0.05) is 6.07 Å². The van der Waals surface area contributed by atoms with Gasteiger partial charge >= 0.3 is 0 Å². The molecule has 0 spiro atoms. The lowest BCUT2D eigenvalue weighted by Crippen LogP contribution is -2.33. The molecule has 0 unspecified atom stereocenters. The second kappa shape index (κ2) is 5.89. The van der Waals surface area contributed by atoms with Crippen molar-refractivity contribution in [3.8, 4) is 0 Å². The molecule has 4 rings (SSSR count). The Hall–Kier alpha value is -2.32. The summed E-state index contributed by atoms with van der Waals surface area (Å²) in [5.74, 6) is -1.89. The van der Waals surface area contributed by atoms with Gasteiger partial charge in [-0.3, -0.25) is 0 Å². The molecule has 1 fully saturated rings. The third-order valence-electron chi connectivity index (χ3n) is 4.25. The van der Waals surface area contributed by atoms with Gasteiger partial charge in [0.15, 0.2) is 0 Å². The fourth-order valence-corrected chi connectivity index (χ4v) is 4.55. The minimum Gasteiger partial charge on any atom is -0.303 e. The maximum atomic E-state index is 14.1. The van der Waals surface area contributed by atoms with Gasteiger partial charge in [0.2, 0.25) is 10.0 Å². The predicted molar refractivity (Wildman–Crippen MR) is 87.3 cm³/mol. The Labute approximate surface area is 143 Å². The molecule has 1 aliphatic carbocycles. The normalized spacial score (nSPS) is 15.2. The SMILES string of the molecule is O=S(=O)(c1ccc(F)cc1F)N(Cc1cnc2ccccn12)C1CC1. The van der Waals surface area contributed by atoms with Crippen LogP contribution >= 0.6 is 0 Å². The summed E-state index contributed by atoms with van der Waals surface area (Å²) < 4.78 is 56.1. The van der Waals surface area contributed by atoms with Crippen LogP contribution in [0.15, 0.2) is 53.7 Å². The Balaban J connectivity index is 1.74. The van der Waals surface area contributed by atoms with Crippen molar-refractivity contribution in [2.24, 2.45) is 0 Å². The first-order chi connectivity index (χ1) is 12.0. The van der Waals surface area contributed by atoms with Crippen LogP contribution in [0.5, 0.6) is 0 Å². The van der Waals surface area contributed by atoms with Crippen LogP contribution < -0.4 is 0 Å². The molecule has 5 nitrogen and oxygen atoms in total. The average Bonchev–Trinajstić information content (AvgIpc) is 3.32. The standard InChI is InChI=1S/C17H15F2N3O2S/c18-12-4-7-16(15(19)9-12)25(23,24)22(13-5-6-13)11-14-10-20-17-3-1-2-8-21(14)17/h1-4,7-10,13H,5-6,11H2. The van der Waals surface area contributed by atoms with E-state index in [9.17, 15) is 17.2 Å². The number of benzene rings is 1. The molecule has 25 heavy (non-hydrogen) atoms. The van der Waals surface area contributed by atoms with E-state index < -0.39 is 26.6 Å². The fraction of sp³-hybridized carbons (Fsp3) is 0.235. The number of halogens is 2. The minimum absolute atomic E-state index is 0.0784. The van der Waals surface area contributed by atoms with E-state index in [0.29, 0.717) is 17.4 Å². The summed E-state index contributed by atoms with van der Waals surface area (Å²) in [5, 5.41) is 0. The molecule has 0 atom stereocenters. The van der Waals surface area contributed by atoms with Gasteiger partial charge in [0.05, 0.1) is 18.4 Å². The average molecular weight is 363 g/mol. The Bertz CT molecular complexity index is 1040. The van der Waals surface area contributed by atoms with Crippen LogP contribution in [-0.2, 0) is 16.6 Å². The highest BCUT2D eigenvalue weighted by molar-refractivity contribution is 7.89. The summed E-state index contributed by atoms with van der Waals surface area (Å²) in [5.41, 5.74) is 1.40. The van der Waals surface area contributed by atoms with Crippen LogP contribution in [0.25, 0.3) is 5.65 Å². The number of imidazole rings is 1. The summed E-state index contributed by atoms with van der Waals surface area (Å²) >= 11 is 0. The molecule has 130 valence electrons. The number of pyridine rings is 1. The molecule has 1 aliphatic rings. The molecule has 2 heterocycles. The van der Waals surface area contributed by atoms with E-state index in [2.05, 4.69) is 4.98 Å². The maximum Gasteiger partial charge on any atom is 0.246 e. The van der Waals surface area contributed by atoms with Crippen LogP contribution in [0.3, 0.4) is 0 Å². The number of sulfonamides is 1. The van der Waals surface area contributed by atoms with Crippen LogP contribution in [-0.4, -0.2) is 28.1 Å². The number of nitrogens with zero attached hydrogens (tertiary/aromatic N) is 3. The summed E-state index contributed by atoms with van der Waals surface area (Å²) in [6, 6.07) is 7.83. The lowest BCUT2D eigenvalue weighted by molar-refractivity contribution is 0.390. The van der Waals surface area contributed by atoms with E-state index >= 15 is 0 Å². The summed E-state index contributed by atoms with van der Waals surface area (Å²) in [7, 11) is -4.08. The second-order valence-electron chi connectivity index (χ2n) is 6.03. The molecule has 0 bridgehead atoms. The Morgan fingerprint density at radius 2 is 2.00 bits per heavy atom. The number of hydrogen-bond acceptors (Lipinski definition) is 3. The van der Waals surface area contributed by atoms with Crippen molar-refractivity contribution < 1.29 is 17.2 Å². The molecule has 1 saturated carbocycles. The lowest BCUT2D eigenvalue weighted by Gasteiger charge is -2.22. The van der Waals surface area contributed by atoms with Crippen molar-refractivity contribution in [1.29, 1.82) is 0 Å². The zero-order valence-corrected chi connectivity index (χ0v) is 14.0. The van der Waals surface area contributed by atoms with Crippen molar-refractivity contribution in [1.82, 2.24) is 13.7 Å². The topological polar surface area (TPSA) is 54.7 Å². The number of hydrogen-bond donors (Lipinski definition) is 0. The van der Waals surface area contributed by atoms with Gasteiger partial charge in [-0.15, -0.1) is 0 Å². The molecule has 2 aromatic heterocycles. The van der Waals surface area contributed by atoms with Crippen molar-refractivity contribution >= 4 is 15.7 Å². The highest BCUT2D eigenvalue weighted by Crippen LogP contribution is 2.34. The highest BCUT2D eigenvalue weighted by atomic mass is 32.2. The van der Waals surface area contributed by atoms with Crippen LogP contribution in [0, 0.1) is 11.6 Å². The minimum atomic E-state index is -4.08. The van der Waals surface area contributed by atoms with Gasteiger partial charge in [-0.25, -0.2) is 22.2 Å². The molecule has 3 aromatic rings. The van der Waals surface area contributed by atoms with E-state index in [1.807, 2.05) is 18.2 Å².